The van der Waals surface area contributed by atoms with E-state index in [2.05, 4.69) is 23.5 Å². The second-order valence-electron chi connectivity index (χ2n) is 10.6. The number of amides is 1. The number of carbonyl (C=O) groups excluding carboxylic acids is 1. The van der Waals surface area contributed by atoms with Gasteiger partial charge < -0.3 is 14.8 Å². The number of hydrogen-bond donors (Lipinski definition) is 1. The summed E-state index contributed by atoms with van der Waals surface area (Å²) in [6, 6.07) is 22.3. The van der Waals surface area contributed by atoms with Crippen LogP contribution < -0.4 is 10.1 Å². The zero-order valence-electron chi connectivity index (χ0n) is 21.7. The number of benzene rings is 2. The zero-order valence-corrected chi connectivity index (χ0v) is 21.7. The summed E-state index contributed by atoms with van der Waals surface area (Å²) in [5, 5.41) is 13.1. The van der Waals surface area contributed by atoms with Crippen molar-refractivity contribution < 1.29 is 14.3 Å². The van der Waals surface area contributed by atoms with Crippen molar-refractivity contribution in [1.82, 2.24) is 14.7 Å². The van der Waals surface area contributed by atoms with E-state index in [-0.39, 0.29) is 11.7 Å². The smallest absolute Gasteiger partial charge is 0.408 e. The molecular formula is C31H30N4O3. The Bertz CT molecular complexity index is 1540. The van der Waals surface area contributed by atoms with E-state index < -0.39 is 5.54 Å². The van der Waals surface area contributed by atoms with Crippen molar-refractivity contribution in [3.63, 3.8) is 0 Å². The van der Waals surface area contributed by atoms with Gasteiger partial charge in [0.15, 0.2) is 5.65 Å². The summed E-state index contributed by atoms with van der Waals surface area (Å²) in [4.78, 5) is 17.7. The molecule has 1 N–H and O–H groups in total. The first kappa shape index (κ1) is 24.1. The molecule has 7 heteroatoms. The third-order valence-electron chi connectivity index (χ3n) is 8.14. The number of methoxy groups -OCH3 is 1. The molecule has 2 saturated carbocycles. The highest BCUT2D eigenvalue weighted by Gasteiger charge is 2.43. The van der Waals surface area contributed by atoms with Crippen LogP contribution in [0.2, 0.25) is 0 Å². The summed E-state index contributed by atoms with van der Waals surface area (Å²) in [7, 11) is 1.56. The summed E-state index contributed by atoms with van der Waals surface area (Å²) in [6.45, 7) is 2.00. The summed E-state index contributed by atoms with van der Waals surface area (Å²) < 4.78 is 13.1. The average molecular weight is 507 g/mol. The van der Waals surface area contributed by atoms with Gasteiger partial charge in [0, 0.05) is 17.3 Å². The predicted octanol–water partition coefficient (Wildman–Crippen LogP) is 6.60. The summed E-state index contributed by atoms with van der Waals surface area (Å²) in [5.74, 6) is 0.493. The monoisotopic (exact) mass is 506 g/mol. The molecule has 192 valence electrons. The Morgan fingerprint density at radius 1 is 1.00 bits per heavy atom. The Kier molecular flexibility index (Phi) is 5.83. The lowest BCUT2D eigenvalue weighted by molar-refractivity contribution is -0.0384. The number of hydrogen-bond acceptors (Lipinski definition) is 5. The highest BCUT2D eigenvalue weighted by atomic mass is 16.6. The minimum atomic E-state index is -0.405. The molecule has 2 heterocycles. The van der Waals surface area contributed by atoms with Crippen molar-refractivity contribution in [2.75, 3.05) is 7.11 Å². The van der Waals surface area contributed by atoms with Crippen LogP contribution in [0.4, 0.5) is 4.79 Å². The Morgan fingerprint density at radius 2 is 1.71 bits per heavy atom. The maximum atomic E-state index is 12.8. The second kappa shape index (κ2) is 9.21. The van der Waals surface area contributed by atoms with Crippen LogP contribution in [0.5, 0.6) is 5.75 Å². The maximum absolute atomic E-state index is 12.8. The standard InChI is InChI=1S/C31H30N4O3/c1-30(15-6-16-30)38-29(36)34-31(17-7-18-31)23-12-10-21(11-13-23)26-27(22-8-4-3-5-9-22)35-19-14-25(37-2)24(20-32)28(35)33-26/h3-5,8-14,19H,6-7,15-18H2,1-2H3,(H,34,36). The quantitative estimate of drug-likeness (QED) is 0.318. The van der Waals surface area contributed by atoms with Crippen LogP contribution >= 0.6 is 0 Å². The van der Waals surface area contributed by atoms with Crippen LogP contribution in [0.15, 0.2) is 66.9 Å². The van der Waals surface area contributed by atoms with Gasteiger partial charge >= 0.3 is 6.09 Å². The lowest BCUT2D eigenvalue weighted by Crippen LogP contribution is -2.53. The van der Waals surface area contributed by atoms with Crippen LogP contribution in [-0.2, 0) is 10.3 Å². The number of carbonyl (C=O) groups is 1. The maximum Gasteiger partial charge on any atom is 0.408 e. The molecule has 0 spiro atoms. The molecule has 0 saturated heterocycles. The molecule has 1 amide bonds. The zero-order chi connectivity index (χ0) is 26.3. The molecule has 4 aromatic rings. The first-order valence-corrected chi connectivity index (χ1v) is 13.1. The molecule has 0 bridgehead atoms. The first-order chi connectivity index (χ1) is 18.5. The first-order valence-electron chi connectivity index (χ1n) is 13.1. The van der Waals surface area contributed by atoms with Gasteiger partial charge in [-0.25, -0.2) is 9.78 Å². The van der Waals surface area contributed by atoms with E-state index in [1.165, 1.54) is 0 Å². The lowest BCUT2D eigenvalue weighted by atomic mass is 9.71. The van der Waals surface area contributed by atoms with Gasteiger partial charge in [0.2, 0.25) is 0 Å². The molecule has 38 heavy (non-hydrogen) atoms. The Labute approximate surface area is 222 Å². The number of rotatable bonds is 6. The van der Waals surface area contributed by atoms with E-state index in [0.717, 1.165) is 66.6 Å². The van der Waals surface area contributed by atoms with E-state index >= 15 is 0 Å². The van der Waals surface area contributed by atoms with Crippen molar-refractivity contribution in [3.8, 4) is 34.3 Å². The summed E-state index contributed by atoms with van der Waals surface area (Å²) in [5.41, 5.74) is 4.88. The second-order valence-corrected chi connectivity index (χ2v) is 10.6. The fourth-order valence-corrected chi connectivity index (χ4v) is 5.62. The molecule has 0 aliphatic heterocycles. The fourth-order valence-electron chi connectivity index (χ4n) is 5.62. The number of aromatic nitrogens is 2. The van der Waals surface area contributed by atoms with Crippen LogP contribution in [0, 0.1) is 11.3 Å². The van der Waals surface area contributed by atoms with Gasteiger partial charge in [-0.05, 0) is 57.1 Å². The van der Waals surface area contributed by atoms with Gasteiger partial charge in [-0.3, -0.25) is 4.40 Å². The third-order valence-corrected chi connectivity index (χ3v) is 8.14. The highest BCUT2D eigenvalue weighted by Crippen LogP contribution is 2.43. The number of nitrogens with one attached hydrogen (secondary N) is 1. The molecule has 2 aromatic carbocycles. The average Bonchev–Trinajstić information content (AvgIpc) is 3.29. The van der Waals surface area contributed by atoms with Crippen molar-refractivity contribution in [2.24, 2.45) is 0 Å². The molecule has 0 radical (unpaired) electrons. The number of imidazole rings is 1. The fraction of sp³-hybridized carbons (Fsp3) is 0.323. The van der Waals surface area contributed by atoms with E-state index in [1.807, 2.05) is 60.0 Å². The third kappa shape index (κ3) is 3.97. The van der Waals surface area contributed by atoms with Crippen LogP contribution in [0.1, 0.15) is 56.6 Å². The molecule has 0 unspecified atom stereocenters. The molecule has 0 atom stereocenters. The van der Waals surface area contributed by atoms with E-state index in [4.69, 9.17) is 14.5 Å². The molecule has 7 nitrogen and oxygen atoms in total. The topological polar surface area (TPSA) is 88.7 Å². The Balaban J connectivity index is 1.38. The van der Waals surface area contributed by atoms with Gasteiger partial charge in [-0.15, -0.1) is 0 Å². The largest absolute Gasteiger partial charge is 0.495 e. The predicted molar refractivity (Wildman–Crippen MR) is 145 cm³/mol. The van der Waals surface area contributed by atoms with Gasteiger partial charge in [-0.1, -0.05) is 54.6 Å². The molecule has 6 rings (SSSR count). The van der Waals surface area contributed by atoms with Gasteiger partial charge in [0.25, 0.3) is 0 Å². The molecule has 2 fully saturated rings. The minimum Gasteiger partial charge on any atom is -0.495 e. The minimum absolute atomic E-state index is 0.333. The molecule has 2 aliphatic rings. The van der Waals surface area contributed by atoms with Crippen LogP contribution in [-0.4, -0.2) is 28.2 Å². The Hall–Kier alpha value is -4.31. The summed E-state index contributed by atoms with van der Waals surface area (Å²) >= 11 is 0. The van der Waals surface area contributed by atoms with Crippen molar-refractivity contribution in [3.05, 3.63) is 78.0 Å². The van der Waals surface area contributed by atoms with E-state index in [9.17, 15) is 10.1 Å². The molecular weight excluding hydrogens is 476 g/mol. The SMILES string of the molecule is COc1ccn2c(-c3ccccc3)c(-c3ccc(C4(NC(=O)OC5(C)CCC5)CCC4)cc3)nc2c1C#N. The number of ether oxygens (including phenoxy) is 2. The lowest BCUT2D eigenvalue weighted by Gasteiger charge is -2.44. The number of fused-ring (bicyclic) bond motifs is 1. The number of nitriles is 1. The number of alkyl carbamates (subject to hydrolysis) is 1. The van der Waals surface area contributed by atoms with Crippen molar-refractivity contribution in [2.45, 2.75) is 56.6 Å². The van der Waals surface area contributed by atoms with E-state index in [1.54, 1.807) is 13.2 Å². The van der Waals surface area contributed by atoms with Gasteiger partial charge in [-0.2, -0.15) is 5.26 Å². The number of nitrogens with zero attached hydrogens (tertiary/aromatic N) is 3. The normalized spacial score (nSPS) is 17.1. The molecule has 2 aliphatic carbocycles. The van der Waals surface area contributed by atoms with Crippen LogP contribution in [0.3, 0.4) is 0 Å². The highest BCUT2D eigenvalue weighted by molar-refractivity contribution is 5.84. The van der Waals surface area contributed by atoms with E-state index in [0.29, 0.717) is 17.0 Å². The van der Waals surface area contributed by atoms with Crippen LogP contribution in [0.25, 0.3) is 28.2 Å². The van der Waals surface area contributed by atoms with Gasteiger partial charge in [0.05, 0.1) is 24.0 Å². The van der Waals surface area contributed by atoms with Crippen molar-refractivity contribution in [1.29, 1.82) is 5.26 Å². The Morgan fingerprint density at radius 3 is 2.29 bits per heavy atom. The van der Waals surface area contributed by atoms with Gasteiger partial charge in [0.1, 0.15) is 23.0 Å². The summed E-state index contributed by atoms with van der Waals surface area (Å²) in [6.07, 6.45) is 7.33. The molecule has 2 aromatic heterocycles. The number of pyridine rings is 1. The van der Waals surface area contributed by atoms with Crippen molar-refractivity contribution >= 4 is 11.7 Å².